The van der Waals surface area contributed by atoms with Gasteiger partial charge in [0.05, 0.1) is 13.2 Å². The second-order valence-corrected chi connectivity index (χ2v) is 6.74. The number of hydrogen-bond acceptors (Lipinski definition) is 4. The summed E-state index contributed by atoms with van der Waals surface area (Å²) in [6, 6.07) is 25.3. The molecule has 0 radical (unpaired) electrons. The highest BCUT2D eigenvalue weighted by molar-refractivity contribution is 6.29. The molecule has 0 saturated heterocycles. The fourth-order valence-corrected chi connectivity index (χ4v) is 3.14. The zero-order valence-electron chi connectivity index (χ0n) is 16.5. The van der Waals surface area contributed by atoms with Gasteiger partial charge in [-0.25, -0.2) is 0 Å². The Morgan fingerprint density at radius 2 is 1.63 bits per heavy atom. The number of hydrogen-bond donors (Lipinski definition) is 0. The third-order valence-corrected chi connectivity index (χ3v) is 4.79. The molecular formula is C24H21ClN2O3. The molecule has 0 aromatic heterocycles. The van der Waals surface area contributed by atoms with Gasteiger partial charge in [0.2, 0.25) is 5.91 Å². The Hall–Kier alpha value is -3.49. The van der Waals surface area contributed by atoms with Crippen LogP contribution < -0.4 is 14.4 Å². The lowest BCUT2D eigenvalue weighted by Gasteiger charge is -2.27. The van der Waals surface area contributed by atoms with Crippen molar-refractivity contribution >= 4 is 23.2 Å². The molecular weight excluding hydrogens is 400 g/mol. The number of carbonyl (C=O) groups excluding carboxylic acids is 1. The van der Waals surface area contributed by atoms with Crippen LogP contribution in [0.2, 0.25) is 0 Å². The molecule has 5 nitrogen and oxygen atoms in total. The predicted octanol–water partition coefficient (Wildman–Crippen LogP) is 5.11. The molecule has 3 rings (SSSR count). The van der Waals surface area contributed by atoms with Gasteiger partial charge >= 0.3 is 0 Å². The van der Waals surface area contributed by atoms with E-state index in [4.69, 9.17) is 21.1 Å². The number of nitriles is 1. The minimum Gasteiger partial charge on any atom is -0.497 e. The summed E-state index contributed by atoms with van der Waals surface area (Å²) in [5.74, 6) is 0.741. The largest absolute Gasteiger partial charge is 0.497 e. The molecule has 0 N–H and O–H groups in total. The highest BCUT2D eigenvalue weighted by Crippen LogP contribution is 2.30. The smallest absolute Gasteiger partial charge is 0.243 e. The number of amides is 1. The molecule has 0 unspecified atom stereocenters. The number of halogens is 1. The zero-order chi connectivity index (χ0) is 21.3. The van der Waals surface area contributed by atoms with Crippen LogP contribution in [0.15, 0.2) is 78.9 Å². The molecule has 0 bridgehead atoms. The van der Waals surface area contributed by atoms with E-state index in [2.05, 4.69) is 6.07 Å². The SMILES string of the molecule is COc1ccc(N(C(=O)CCl)[C@@H](C#N)c2ccc(OCc3ccccc3)cc2)cc1. The molecule has 0 aliphatic heterocycles. The minimum atomic E-state index is -0.826. The van der Waals surface area contributed by atoms with Crippen molar-refractivity contribution in [2.75, 3.05) is 17.9 Å². The first-order valence-corrected chi connectivity index (χ1v) is 9.88. The summed E-state index contributed by atoms with van der Waals surface area (Å²) in [5, 5.41) is 9.83. The van der Waals surface area contributed by atoms with E-state index < -0.39 is 6.04 Å². The van der Waals surface area contributed by atoms with Gasteiger partial charge in [-0.1, -0.05) is 42.5 Å². The van der Waals surface area contributed by atoms with Gasteiger partial charge in [0.15, 0.2) is 0 Å². The summed E-state index contributed by atoms with van der Waals surface area (Å²) in [6.07, 6.45) is 0. The molecule has 3 aromatic carbocycles. The van der Waals surface area contributed by atoms with Crippen LogP contribution in [-0.4, -0.2) is 18.9 Å². The van der Waals surface area contributed by atoms with Crippen molar-refractivity contribution in [2.45, 2.75) is 12.6 Å². The van der Waals surface area contributed by atoms with Crippen molar-refractivity contribution < 1.29 is 14.3 Å². The van der Waals surface area contributed by atoms with Crippen LogP contribution in [0, 0.1) is 11.3 Å². The second-order valence-electron chi connectivity index (χ2n) is 6.47. The van der Waals surface area contributed by atoms with E-state index in [0.717, 1.165) is 5.56 Å². The summed E-state index contributed by atoms with van der Waals surface area (Å²) >= 11 is 5.82. The Morgan fingerprint density at radius 3 is 2.20 bits per heavy atom. The van der Waals surface area contributed by atoms with E-state index in [1.807, 2.05) is 30.3 Å². The number of alkyl halides is 1. The zero-order valence-corrected chi connectivity index (χ0v) is 17.3. The van der Waals surface area contributed by atoms with Crippen LogP contribution in [0.1, 0.15) is 17.2 Å². The Morgan fingerprint density at radius 1 is 1.00 bits per heavy atom. The Kier molecular flexibility index (Phi) is 7.31. The van der Waals surface area contributed by atoms with E-state index in [-0.39, 0.29) is 11.8 Å². The van der Waals surface area contributed by atoms with E-state index in [1.54, 1.807) is 55.6 Å². The number of methoxy groups -OCH3 is 1. The standard InChI is InChI=1S/C24H21ClN2O3/c1-29-21-13-9-20(10-14-21)27(24(28)15-25)23(16-26)19-7-11-22(12-8-19)30-17-18-5-3-2-4-6-18/h2-14,23H,15,17H2,1H3/t23-/m0/s1. The van der Waals surface area contributed by atoms with Gasteiger partial charge in [0.1, 0.15) is 30.0 Å². The minimum absolute atomic E-state index is 0.234. The Balaban J connectivity index is 1.80. The molecule has 30 heavy (non-hydrogen) atoms. The van der Waals surface area contributed by atoms with Gasteiger partial charge in [-0.15, -0.1) is 11.6 Å². The first-order chi connectivity index (χ1) is 14.7. The van der Waals surface area contributed by atoms with Gasteiger partial charge in [-0.3, -0.25) is 9.69 Å². The molecule has 0 spiro atoms. The third-order valence-electron chi connectivity index (χ3n) is 4.56. The quantitative estimate of drug-likeness (QED) is 0.475. The third kappa shape index (κ3) is 5.11. The first-order valence-electron chi connectivity index (χ1n) is 9.34. The molecule has 152 valence electrons. The molecule has 1 atom stereocenters. The highest BCUT2D eigenvalue weighted by Gasteiger charge is 2.26. The second kappa shape index (κ2) is 10.3. The van der Waals surface area contributed by atoms with Crippen molar-refractivity contribution in [3.8, 4) is 17.6 Å². The lowest BCUT2D eigenvalue weighted by molar-refractivity contribution is -0.116. The van der Waals surface area contributed by atoms with Crippen molar-refractivity contribution in [3.63, 3.8) is 0 Å². The van der Waals surface area contributed by atoms with Crippen molar-refractivity contribution in [3.05, 3.63) is 90.0 Å². The molecule has 3 aromatic rings. The fourth-order valence-electron chi connectivity index (χ4n) is 3.01. The Bertz CT molecular complexity index is 999. The van der Waals surface area contributed by atoms with Crippen molar-refractivity contribution in [1.82, 2.24) is 0 Å². The van der Waals surface area contributed by atoms with Crippen LogP contribution >= 0.6 is 11.6 Å². The first kappa shape index (κ1) is 21.2. The van der Waals surface area contributed by atoms with Gasteiger partial charge < -0.3 is 9.47 Å². The predicted molar refractivity (Wildman–Crippen MR) is 117 cm³/mol. The number of nitrogens with zero attached hydrogens (tertiary/aromatic N) is 2. The fraction of sp³-hybridized carbons (Fsp3) is 0.167. The Labute approximate surface area is 181 Å². The molecule has 6 heteroatoms. The molecule has 1 amide bonds. The number of anilines is 1. The lowest BCUT2D eigenvalue weighted by atomic mass is 10.0. The number of carbonyl (C=O) groups is 1. The summed E-state index contributed by atoms with van der Waals surface area (Å²) in [7, 11) is 1.57. The molecule has 0 aliphatic rings. The van der Waals surface area contributed by atoms with E-state index in [1.165, 1.54) is 4.90 Å². The summed E-state index contributed by atoms with van der Waals surface area (Å²) in [5.41, 5.74) is 2.30. The summed E-state index contributed by atoms with van der Waals surface area (Å²) in [4.78, 5) is 13.9. The van der Waals surface area contributed by atoms with Gasteiger partial charge in [0.25, 0.3) is 0 Å². The normalized spacial score (nSPS) is 11.2. The maximum atomic E-state index is 12.6. The van der Waals surface area contributed by atoms with Crippen LogP contribution in [0.3, 0.4) is 0 Å². The number of ether oxygens (including phenoxy) is 2. The summed E-state index contributed by atoms with van der Waals surface area (Å²) in [6.45, 7) is 0.449. The average Bonchev–Trinajstić information content (AvgIpc) is 2.82. The number of rotatable bonds is 8. The monoisotopic (exact) mass is 420 g/mol. The number of benzene rings is 3. The van der Waals surface area contributed by atoms with Gasteiger partial charge in [-0.05, 0) is 47.5 Å². The van der Waals surface area contributed by atoms with Crippen LogP contribution in [0.25, 0.3) is 0 Å². The highest BCUT2D eigenvalue weighted by atomic mass is 35.5. The van der Waals surface area contributed by atoms with E-state index >= 15 is 0 Å². The van der Waals surface area contributed by atoms with Crippen molar-refractivity contribution in [1.29, 1.82) is 5.26 Å². The molecule has 0 heterocycles. The van der Waals surface area contributed by atoms with Gasteiger partial charge in [0, 0.05) is 5.69 Å². The molecule has 0 aliphatic carbocycles. The summed E-state index contributed by atoms with van der Waals surface area (Å²) < 4.78 is 11.0. The van der Waals surface area contributed by atoms with Crippen LogP contribution in [0.4, 0.5) is 5.69 Å². The average molecular weight is 421 g/mol. The van der Waals surface area contributed by atoms with E-state index in [9.17, 15) is 10.1 Å². The molecule has 0 saturated carbocycles. The van der Waals surface area contributed by atoms with E-state index in [0.29, 0.717) is 29.4 Å². The lowest BCUT2D eigenvalue weighted by Crippen LogP contribution is -2.35. The topological polar surface area (TPSA) is 62.6 Å². The maximum Gasteiger partial charge on any atom is 0.243 e. The van der Waals surface area contributed by atoms with Gasteiger partial charge in [-0.2, -0.15) is 5.26 Å². The van der Waals surface area contributed by atoms with Crippen LogP contribution in [-0.2, 0) is 11.4 Å². The maximum absolute atomic E-state index is 12.6. The van der Waals surface area contributed by atoms with Crippen LogP contribution in [0.5, 0.6) is 11.5 Å². The van der Waals surface area contributed by atoms with Crippen molar-refractivity contribution in [2.24, 2.45) is 0 Å². The molecule has 0 fully saturated rings.